The zero-order valence-corrected chi connectivity index (χ0v) is 16.3. The van der Waals surface area contributed by atoms with Crippen molar-refractivity contribution >= 4 is 48.9 Å². The minimum atomic E-state index is -3.57. The summed E-state index contributed by atoms with van der Waals surface area (Å²) in [6, 6.07) is 10.3. The lowest BCUT2D eigenvalue weighted by Crippen LogP contribution is -2.17. The third-order valence-electron chi connectivity index (χ3n) is 3.77. The molecule has 3 nitrogen and oxygen atoms in total. The van der Waals surface area contributed by atoms with Crippen LogP contribution >= 0.6 is 27.7 Å². The fourth-order valence-corrected chi connectivity index (χ4v) is 4.43. The van der Waals surface area contributed by atoms with E-state index >= 15 is 0 Å². The minimum absolute atomic E-state index is 0.275. The van der Waals surface area contributed by atoms with Crippen LogP contribution in [-0.2, 0) is 9.84 Å². The van der Waals surface area contributed by atoms with Gasteiger partial charge in [0.05, 0.1) is 11.6 Å². The molecule has 0 aromatic heterocycles. The van der Waals surface area contributed by atoms with Gasteiger partial charge in [0.15, 0.2) is 9.84 Å². The number of rotatable bonds is 3. The standard InChI is InChI=1S/C17H15BrFNO2S2/c1-11-7-13(4-5-14(11)18)20-10-23-9-16(20)12-3-6-17(15(19)8-12)24(2,21)22/h3-9H,10H2,1-2H3. The van der Waals surface area contributed by atoms with Gasteiger partial charge in [0.1, 0.15) is 10.7 Å². The van der Waals surface area contributed by atoms with E-state index in [4.69, 9.17) is 0 Å². The average molecular weight is 428 g/mol. The molecule has 1 heterocycles. The summed E-state index contributed by atoms with van der Waals surface area (Å²) in [5.74, 6) is 0.00556. The van der Waals surface area contributed by atoms with E-state index in [-0.39, 0.29) is 4.90 Å². The number of hydrogen-bond acceptors (Lipinski definition) is 4. The van der Waals surface area contributed by atoms with Crippen molar-refractivity contribution in [2.45, 2.75) is 11.8 Å². The fraction of sp³-hybridized carbons (Fsp3) is 0.176. The highest BCUT2D eigenvalue weighted by molar-refractivity contribution is 9.10. The Bertz CT molecular complexity index is 942. The van der Waals surface area contributed by atoms with Crippen molar-refractivity contribution in [1.29, 1.82) is 0 Å². The number of aryl methyl sites for hydroxylation is 1. The highest BCUT2D eigenvalue weighted by atomic mass is 79.9. The first-order chi connectivity index (χ1) is 11.3. The van der Waals surface area contributed by atoms with E-state index in [0.29, 0.717) is 5.56 Å². The zero-order valence-electron chi connectivity index (χ0n) is 13.1. The lowest BCUT2D eigenvalue weighted by Gasteiger charge is -2.23. The molecule has 1 aliphatic heterocycles. The van der Waals surface area contributed by atoms with Crippen LogP contribution in [0, 0.1) is 12.7 Å². The molecule has 0 atom stereocenters. The Morgan fingerprint density at radius 3 is 2.58 bits per heavy atom. The van der Waals surface area contributed by atoms with Gasteiger partial charge in [-0.25, -0.2) is 12.8 Å². The molecular weight excluding hydrogens is 413 g/mol. The first kappa shape index (κ1) is 17.5. The predicted octanol–water partition coefficient (Wildman–Crippen LogP) is 4.81. The maximum atomic E-state index is 14.2. The summed E-state index contributed by atoms with van der Waals surface area (Å²) in [5.41, 5.74) is 3.65. The normalized spacial score (nSPS) is 14.8. The number of benzene rings is 2. The maximum absolute atomic E-state index is 14.2. The van der Waals surface area contributed by atoms with E-state index in [0.717, 1.165) is 33.6 Å². The van der Waals surface area contributed by atoms with E-state index in [9.17, 15) is 12.8 Å². The van der Waals surface area contributed by atoms with Crippen LogP contribution in [0.5, 0.6) is 0 Å². The molecule has 0 aliphatic carbocycles. The largest absolute Gasteiger partial charge is 0.330 e. The molecule has 126 valence electrons. The molecule has 3 rings (SSSR count). The highest BCUT2D eigenvalue weighted by Gasteiger charge is 2.22. The van der Waals surface area contributed by atoms with Gasteiger partial charge in [0.25, 0.3) is 0 Å². The Balaban J connectivity index is 1.99. The van der Waals surface area contributed by atoms with Gasteiger partial charge in [0, 0.05) is 22.0 Å². The Morgan fingerprint density at radius 2 is 1.96 bits per heavy atom. The zero-order chi connectivity index (χ0) is 17.5. The Morgan fingerprint density at radius 1 is 1.21 bits per heavy atom. The van der Waals surface area contributed by atoms with Crippen molar-refractivity contribution in [3.8, 4) is 0 Å². The molecule has 0 fully saturated rings. The molecule has 0 amide bonds. The highest BCUT2D eigenvalue weighted by Crippen LogP contribution is 2.37. The van der Waals surface area contributed by atoms with Gasteiger partial charge in [-0.05, 0) is 48.2 Å². The summed E-state index contributed by atoms with van der Waals surface area (Å²) in [6.45, 7) is 2.01. The Kier molecular flexibility index (Phi) is 4.77. The third-order valence-corrected chi connectivity index (χ3v) is 6.59. The van der Waals surface area contributed by atoms with Gasteiger partial charge in [-0.1, -0.05) is 22.0 Å². The van der Waals surface area contributed by atoms with Gasteiger partial charge in [-0.2, -0.15) is 0 Å². The lowest BCUT2D eigenvalue weighted by molar-refractivity contribution is 0.570. The van der Waals surface area contributed by atoms with E-state index < -0.39 is 15.7 Å². The van der Waals surface area contributed by atoms with Crippen molar-refractivity contribution in [3.05, 3.63) is 63.2 Å². The van der Waals surface area contributed by atoms with Crippen LogP contribution in [0.4, 0.5) is 10.1 Å². The summed E-state index contributed by atoms with van der Waals surface area (Å²) in [7, 11) is -3.57. The second kappa shape index (κ2) is 6.54. The number of halogens is 2. The fourth-order valence-electron chi connectivity index (χ4n) is 2.52. The van der Waals surface area contributed by atoms with Crippen molar-refractivity contribution in [2.75, 3.05) is 17.0 Å². The van der Waals surface area contributed by atoms with Crippen LogP contribution in [0.1, 0.15) is 11.1 Å². The first-order valence-electron chi connectivity index (χ1n) is 7.13. The topological polar surface area (TPSA) is 37.4 Å². The maximum Gasteiger partial charge on any atom is 0.178 e. The molecule has 0 N–H and O–H groups in total. The van der Waals surface area contributed by atoms with Crippen LogP contribution < -0.4 is 4.90 Å². The van der Waals surface area contributed by atoms with E-state index in [1.54, 1.807) is 17.8 Å². The van der Waals surface area contributed by atoms with Gasteiger partial charge >= 0.3 is 0 Å². The smallest absolute Gasteiger partial charge is 0.178 e. The van der Waals surface area contributed by atoms with Gasteiger partial charge in [0.2, 0.25) is 0 Å². The molecular formula is C17H15BrFNO2S2. The lowest BCUT2D eigenvalue weighted by atomic mass is 10.1. The van der Waals surface area contributed by atoms with Crippen molar-refractivity contribution < 1.29 is 12.8 Å². The second-order valence-electron chi connectivity index (χ2n) is 5.58. The second-order valence-corrected chi connectivity index (χ2v) is 9.24. The number of nitrogens with zero attached hydrogens (tertiary/aromatic N) is 1. The molecule has 2 aromatic carbocycles. The molecule has 7 heteroatoms. The number of thioether (sulfide) groups is 1. The molecule has 0 saturated carbocycles. The number of sulfone groups is 1. The molecule has 24 heavy (non-hydrogen) atoms. The molecule has 0 spiro atoms. The molecule has 0 radical (unpaired) electrons. The van der Waals surface area contributed by atoms with Crippen molar-refractivity contribution in [1.82, 2.24) is 0 Å². The molecule has 0 unspecified atom stereocenters. The summed E-state index contributed by atoms with van der Waals surface area (Å²) in [4.78, 5) is 1.81. The summed E-state index contributed by atoms with van der Waals surface area (Å²) >= 11 is 5.11. The summed E-state index contributed by atoms with van der Waals surface area (Å²) in [5, 5.41) is 1.96. The molecule has 0 saturated heterocycles. The number of hydrogen-bond donors (Lipinski definition) is 0. The monoisotopic (exact) mass is 427 g/mol. The van der Waals surface area contributed by atoms with Crippen molar-refractivity contribution in [3.63, 3.8) is 0 Å². The SMILES string of the molecule is Cc1cc(N2CSC=C2c2ccc(S(C)(=O)=O)c(F)c2)ccc1Br. The van der Waals surface area contributed by atoms with E-state index in [1.165, 1.54) is 12.1 Å². The minimum Gasteiger partial charge on any atom is -0.330 e. The molecule has 0 bridgehead atoms. The predicted molar refractivity (Wildman–Crippen MR) is 101 cm³/mol. The van der Waals surface area contributed by atoms with Crippen LogP contribution in [0.25, 0.3) is 5.70 Å². The Labute approximate surface area is 153 Å². The van der Waals surface area contributed by atoms with Crippen LogP contribution in [0.15, 0.2) is 51.2 Å². The summed E-state index contributed by atoms with van der Waals surface area (Å²) in [6.07, 6.45) is 1.01. The van der Waals surface area contributed by atoms with Gasteiger partial charge in [-0.3, -0.25) is 0 Å². The van der Waals surface area contributed by atoms with Crippen molar-refractivity contribution in [2.24, 2.45) is 0 Å². The third kappa shape index (κ3) is 3.38. The average Bonchev–Trinajstić information content (AvgIpc) is 2.98. The molecule has 1 aliphatic rings. The van der Waals surface area contributed by atoms with Crippen LogP contribution in [0.2, 0.25) is 0 Å². The van der Waals surface area contributed by atoms with Crippen LogP contribution in [-0.4, -0.2) is 20.6 Å². The van der Waals surface area contributed by atoms with E-state index in [2.05, 4.69) is 26.9 Å². The van der Waals surface area contributed by atoms with Gasteiger partial charge in [-0.15, -0.1) is 11.8 Å². The molecule has 2 aromatic rings. The van der Waals surface area contributed by atoms with Gasteiger partial charge < -0.3 is 4.90 Å². The first-order valence-corrected chi connectivity index (χ1v) is 10.9. The Hall–Kier alpha value is -1.31. The summed E-state index contributed by atoms with van der Waals surface area (Å²) < 4.78 is 38.4. The quantitative estimate of drug-likeness (QED) is 0.703. The van der Waals surface area contributed by atoms with E-state index in [1.807, 2.05) is 24.5 Å². The number of anilines is 1. The van der Waals surface area contributed by atoms with Crippen LogP contribution in [0.3, 0.4) is 0 Å².